The van der Waals surface area contributed by atoms with E-state index in [0.717, 1.165) is 0 Å². The Bertz CT molecular complexity index is 956. The second-order valence-corrected chi connectivity index (χ2v) is 5.59. The van der Waals surface area contributed by atoms with Crippen molar-refractivity contribution in [3.63, 3.8) is 0 Å². The molecule has 142 valence electrons. The summed E-state index contributed by atoms with van der Waals surface area (Å²) in [4.78, 5) is 35.0. The first kappa shape index (κ1) is 20.4. The molecular weight excluding hydrogens is 360 g/mol. The number of nitrogens with one attached hydrogen (secondary N) is 1. The molecule has 0 bridgehead atoms. The van der Waals surface area contributed by atoms with E-state index in [-0.39, 0.29) is 12.2 Å². The van der Waals surface area contributed by atoms with Crippen LogP contribution in [0.25, 0.3) is 6.08 Å². The molecule has 7 nitrogen and oxygen atoms in total. The third kappa shape index (κ3) is 5.81. The van der Waals surface area contributed by atoms with Crippen LogP contribution in [0.4, 0.5) is 5.69 Å². The van der Waals surface area contributed by atoms with E-state index in [1.807, 2.05) is 6.07 Å². The predicted molar refractivity (Wildman–Crippen MR) is 102 cm³/mol. The first-order valence-electron chi connectivity index (χ1n) is 8.41. The van der Waals surface area contributed by atoms with Gasteiger partial charge in [0, 0.05) is 12.6 Å². The topological polar surface area (TPSA) is 105 Å². The number of hydrogen-bond donors (Lipinski definition) is 1. The number of benzene rings is 2. The van der Waals surface area contributed by atoms with E-state index in [0.29, 0.717) is 22.6 Å². The first-order chi connectivity index (χ1) is 13.4. The van der Waals surface area contributed by atoms with Crippen LogP contribution >= 0.6 is 0 Å². The number of anilines is 1. The minimum absolute atomic E-state index is 0.130. The van der Waals surface area contributed by atoms with Crippen molar-refractivity contribution in [1.29, 1.82) is 5.26 Å². The third-order valence-corrected chi connectivity index (χ3v) is 3.45. The quantitative estimate of drug-likeness (QED) is 0.358. The van der Waals surface area contributed by atoms with E-state index in [9.17, 15) is 19.6 Å². The maximum atomic E-state index is 12.4. The summed E-state index contributed by atoms with van der Waals surface area (Å²) in [6.45, 7) is 3.26. The summed E-state index contributed by atoms with van der Waals surface area (Å²) in [7, 11) is 0. The highest BCUT2D eigenvalue weighted by Crippen LogP contribution is 2.17. The highest BCUT2D eigenvalue weighted by Gasteiger charge is 2.11. The molecule has 7 heteroatoms. The van der Waals surface area contributed by atoms with Gasteiger partial charge in [-0.3, -0.25) is 9.59 Å². The molecule has 0 saturated carbocycles. The number of carbonyl (C=O) groups excluding carboxylic acids is 3. The summed E-state index contributed by atoms with van der Waals surface area (Å²) < 4.78 is 9.88. The molecule has 1 amide bonds. The van der Waals surface area contributed by atoms with Gasteiger partial charge in [0.25, 0.3) is 5.91 Å². The van der Waals surface area contributed by atoms with Crippen molar-refractivity contribution in [2.24, 2.45) is 0 Å². The van der Waals surface area contributed by atoms with Gasteiger partial charge in [-0.2, -0.15) is 5.26 Å². The molecule has 0 saturated heterocycles. The molecule has 28 heavy (non-hydrogen) atoms. The molecular formula is C21H18N2O5. The number of hydrogen-bond acceptors (Lipinski definition) is 6. The fourth-order valence-corrected chi connectivity index (χ4v) is 2.25. The van der Waals surface area contributed by atoms with E-state index < -0.39 is 17.8 Å². The largest absolute Gasteiger partial charge is 0.462 e. The Morgan fingerprint density at radius 3 is 2.46 bits per heavy atom. The van der Waals surface area contributed by atoms with Gasteiger partial charge in [-0.25, -0.2) is 4.79 Å². The van der Waals surface area contributed by atoms with E-state index in [1.54, 1.807) is 43.3 Å². The van der Waals surface area contributed by atoms with Crippen molar-refractivity contribution >= 4 is 29.6 Å². The van der Waals surface area contributed by atoms with Gasteiger partial charge < -0.3 is 14.8 Å². The zero-order chi connectivity index (χ0) is 20.5. The molecule has 0 atom stereocenters. The number of esters is 2. The van der Waals surface area contributed by atoms with Crippen LogP contribution < -0.4 is 10.1 Å². The maximum Gasteiger partial charge on any atom is 0.338 e. The molecule has 0 radical (unpaired) electrons. The Kier molecular flexibility index (Phi) is 7.06. The fraction of sp³-hybridized carbons (Fsp3) is 0.143. The van der Waals surface area contributed by atoms with Crippen molar-refractivity contribution in [2.45, 2.75) is 13.8 Å². The number of nitrogens with zero attached hydrogens (tertiary/aromatic N) is 1. The fourth-order valence-electron chi connectivity index (χ4n) is 2.25. The Morgan fingerprint density at radius 1 is 1.14 bits per heavy atom. The predicted octanol–water partition coefficient (Wildman–Crippen LogP) is 3.33. The summed E-state index contributed by atoms with van der Waals surface area (Å²) in [6, 6.07) is 14.4. The molecule has 2 aromatic rings. The van der Waals surface area contributed by atoms with Crippen molar-refractivity contribution in [3.05, 3.63) is 65.2 Å². The molecule has 2 rings (SSSR count). The lowest BCUT2D eigenvalue weighted by Crippen LogP contribution is -2.13. The molecule has 0 aromatic heterocycles. The molecule has 0 fully saturated rings. The van der Waals surface area contributed by atoms with E-state index in [1.165, 1.54) is 25.1 Å². The normalized spacial score (nSPS) is 10.5. The summed E-state index contributed by atoms with van der Waals surface area (Å²) in [6.07, 6.45) is 1.38. The molecule has 2 aromatic carbocycles. The Morgan fingerprint density at radius 2 is 1.86 bits per heavy atom. The lowest BCUT2D eigenvalue weighted by Gasteiger charge is -2.06. The molecule has 0 aliphatic heterocycles. The van der Waals surface area contributed by atoms with Crippen LogP contribution in [0, 0.1) is 11.3 Å². The van der Waals surface area contributed by atoms with Crippen LogP contribution in [0.2, 0.25) is 0 Å². The number of carbonyl (C=O) groups is 3. The minimum Gasteiger partial charge on any atom is -0.462 e. The third-order valence-electron chi connectivity index (χ3n) is 3.45. The first-order valence-corrected chi connectivity index (χ1v) is 8.41. The Hall–Kier alpha value is -3.92. The van der Waals surface area contributed by atoms with Gasteiger partial charge in [-0.15, -0.1) is 0 Å². The smallest absolute Gasteiger partial charge is 0.338 e. The summed E-state index contributed by atoms with van der Waals surface area (Å²) in [5.74, 6) is -1.21. The molecule has 0 aliphatic carbocycles. The van der Waals surface area contributed by atoms with Gasteiger partial charge in [0.15, 0.2) is 0 Å². The van der Waals surface area contributed by atoms with Crippen LogP contribution in [0.3, 0.4) is 0 Å². The highest BCUT2D eigenvalue weighted by atomic mass is 16.5. The van der Waals surface area contributed by atoms with E-state index in [4.69, 9.17) is 9.47 Å². The Balaban J connectivity index is 2.13. The lowest BCUT2D eigenvalue weighted by molar-refractivity contribution is -0.131. The SMILES string of the molecule is CCOC(=O)c1ccc(NC(=O)/C(C#N)=C/c2cccc(OC(C)=O)c2)cc1. The van der Waals surface area contributed by atoms with Gasteiger partial charge in [0.2, 0.25) is 0 Å². The molecule has 0 spiro atoms. The van der Waals surface area contributed by atoms with Gasteiger partial charge >= 0.3 is 11.9 Å². The van der Waals surface area contributed by atoms with Crippen molar-refractivity contribution in [1.82, 2.24) is 0 Å². The molecule has 0 unspecified atom stereocenters. The molecule has 0 aliphatic rings. The van der Waals surface area contributed by atoms with Gasteiger partial charge in [0.1, 0.15) is 17.4 Å². The Labute approximate surface area is 162 Å². The van der Waals surface area contributed by atoms with Gasteiger partial charge in [0.05, 0.1) is 12.2 Å². The van der Waals surface area contributed by atoms with Crippen LogP contribution in [0.5, 0.6) is 5.75 Å². The minimum atomic E-state index is -0.607. The maximum absolute atomic E-state index is 12.4. The number of rotatable bonds is 6. The van der Waals surface area contributed by atoms with E-state index in [2.05, 4.69) is 5.32 Å². The summed E-state index contributed by atoms with van der Waals surface area (Å²) >= 11 is 0. The van der Waals surface area contributed by atoms with E-state index >= 15 is 0 Å². The number of nitriles is 1. The average Bonchev–Trinajstić information content (AvgIpc) is 2.66. The molecule has 0 heterocycles. The van der Waals surface area contributed by atoms with Gasteiger partial charge in [-0.1, -0.05) is 12.1 Å². The van der Waals surface area contributed by atoms with Crippen LogP contribution in [-0.4, -0.2) is 24.5 Å². The zero-order valence-electron chi connectivity index (χ0n) is 15.4. The number of amides is 1. The summed E-state index contributed by atoms with van der Waals surface area (Å²) in [5, 5.41) is 11.9. The van der Waals surface area contributed by atoms with Crippen molar-refractivity contribution in [3.8, 4) is 11.8 Å². The average molecular weight is 378 g/mol. The number of ether oxygens (including phenoxy) is 2. The van der Waals surface area contributed by atoms with Gasteiger partial charge in [-0.05, 0) is 55.0 Å². The second-order valence-electron chi connectivity index (χ2n) is 5.59. The highest BCUT2D eigenvalue weighted by molar-refractivity contribution is 6.09. The standard InChI is InChI=1S/C21H18N2O5/c1-3-27-21(26)16-7-9-18(10-8-16)23-20(25)17(13-22)11-15-5-4-6-19(12-15)28-14(2)24/h4-12H,3H2,1-2H3,(H,23,25)/b17-11+. The lowest BCUT2D eigenvalue weighted by atomic mass is 10.1. The van der Waals surface area contributed by atoms with Crippen molar-refractivity contribution in [2.75, 3.05) is 11.9 Å². The summed E-state index contributed by atoms with van der Waals surface area (Å²) in [5.41, 5.74) is 1.18. The second kappa shape index (κ2) is 9.69. The van der Waals surface area contributed by atoms with Crippen LogP contribution in [-0.2, 0) is 14.3 Å². The van der Waals surface area contributed by atoms with Crippen molar-refractivity contribution < 1.29 is 23.9 Å². The van der Waals surface area contributed by atoms with Crippen LogP contribution in [0.15, 0.2) is 54.1 Å². The zero-order valence-corrected chi connectivity index (χ0v) is 15.4. The van der Waals surface area contributed by atoms with Crippen LogP contribution in [0.1, 0.15) is 29.8 Å². The monoisotopic (exact) mass is 378 g/mol. The molecule has 1 N–H and O–H groups in total.